The fraction of sp³-hybridized carbons (Fsp3) is 0.400. The van der Waals surface area contributed by atoms with Crippen LogP contribution in [0.2, 0.25) is 0 Å². The van der Waals surface area contributed by atoms with E-state index in [4.69, 9.17) is 4.74 Å². The first-order chi connectivity index (χ1) is 6.72. The maximum atomic E-state index is 13.1. The fourth-order valence-corrected chi connectivity index (χ4v) is 1.79. The first-order valence-electron chi connectivity index (χ1n) is 4.47. The van der Waals surface area contributed by atoms with Crippen molar-refractivity contribution in [2.75, 3.05) is 13.7 Å². The van der Waals surface area contributed by atoms with Crippen LogP contribution in [0.4, 0.5) is 4.39 Å². The molecule has 0 saturated carbocycles. The van der Waals surface area contributed by atoms with Crippen LogP contribution in [0.3, 0.4) is 0 Å². The number of fused-ring (bicyclic) bond motifs is 1. The molecule has 1 unspecified atom stereocenters. The summed E-state index contributed by atoms with van der Waals surface area (Å²) in [5.41, 5.74) is 1.47. The number of methoxy groups -OCH3 is 1. The van der Waals surface area contributed by atoms with Gasteiger partial charge in [0.25, 0.3) is 0 Å². The second-order valence-electron chi connectivity index (χ2n) is 3.33. The van der Waals surface area contributed by atoms with Crippen LogP contribution in [-0.2, 0) is 6.54 Å². The molecule has 0 amide bonds. The fourth-order valence-electron chi connectivity index (χ4n) is 1.79. The van der Waals surface area contributed by atoms with Gasteiger partial charge in [-0.1, -0.05) is 0 Å². The highest BCUT2D eigenvalue weighted by atomic mass is 19.1. The number of hydrogen-bond acceptors (Lipinski definition) is 3. The molecule has 0 spiro atoms. The van der Waals surface area contributed by atoms with Crippen molar-refractivity contribution in [1.29, 1.82) is 0 Å². The predicted octanol–water partition coefficient (Wildman–Crippen LogP) is 0.971. The molecular formula is C10H12FNO2. The van der Waals surface area contributed by atoms with E-state index in [1.807, 2.05) is 0 Å². The van der Waals surface area contributed by atoms with Gasteiger partial charge >= 0.3 is 0 Å². The molecular weight excluding hydrogens is 185 g/mol. The van der Waals surface area contributed by atoms with Crippen LogP contribution < -0.4 is 10.1 Å². The molecule has 0 aromatic heterocycles. The minimum Gasteiger partial charge on any atom is -0.496 e. The topological polar surface area (TPSA) is 41.5 Å². The maximum Gasteiger partial charge on any atom is 0.127 e. The number of aliphatic hydroxyl groups excluding tert-OH is 1. The lowest BCUT2D eigenvalue weighted by Crippen LogP contribution is -2.28. The SMILES string of the molecule is COc1cc(F)cc2c1C(O)CNC2. The molecule has 4 heteroatoms. The number of ether oxygens (including phenoxy) is 1. The van der Waals surface area contributed by atoms with Gasteiger partial charge in [-0.05, 0) is 11.6 Å². The lowest BCUT2D eigenvalue weighted by molar-refractivity contribution is 0.160. The van der Waals surface area contributed by atoms with Crippen molar-refractivity contribution >= 4 is 0 Å². The average molecular weight is 197 g/mol. The van der Waals surface area contributed by atoms with E-state index < -0.39 is 6.10 Å². The van der Waals surface area contributed by atoms with E-state index in [1.165, 1.54) is 19.2 Å². The maximum absolute atomic E-state index is 13.1. The Hall–Kier alpha value is -1.13. The molecule has 14 heavy (non-hydrogen) atoms. The molecule has 3 nitrogen and oxygen atoms in total. The molecule has 1 aromatic rings. The summed E-state index contributed by atoms with van der Waals surface area (Å²) in [6, 6.07) is 2.72. The third-order valence-corrected chi connectivity index (χ3v) is 2.40. The second-order valence-corrected chi connectivity index (χ2v) is 3.33. The molecule has 1 aliphatic rings. The Kier molecular flexibility index (Phi) is 2.39. The second kappa shape index (κ2) is 3.55. The lowest BCUT2D eigenvalue weighted by atomic mass is 9.97. The monoisotopic (exact) mass is 197 g/mol. The van der Waals surface area contributed by atoms with E-state index in [1.54, 1.807) is 0 Å². The van der Waals surface area contributed by atoms with Crippen molar-refractivity contribution in [3.8, 4) is 5.75 Å². The van der Waals surface area contributed by atoms with Gasteiger partial charge in [-0.15, -0.1) is 0 Å². The summed E-state index contributed by atoms with van der Waals surface area (Å²) < 4.78 is 18.1. The minimum absolute atomic E-state index is 0.337. The van der Waals surface area contributed by atoms with Crippen LogP contribution in [0, 0.1) is 5.82 Å². The summed E-state index contributed by atoms with van der Waals surface area (Å²) in [4.78, 5) is 0. The Balaban J connectivity index is 2.55. The van der Waals surface area contributed by atoms with Crippen molar-refractivity contribution in [3.63, 3.8) is 0 Å². The third-order valence-electron chi connectivity index (χ3n) is 2.40. The number of rotatable bonds is 1. The Bertz CT molecular complexity index is 337. The Morgan fingerprint density at radius 3 is 3.07 bits per heavy atom. The molecule has 0 aliphatic carbocycles. The van der Waals surface area contributed by atoms with Crippen molar-refractivity contribution in [2.24, 2.45) is 0 Å². The number of β-amino-alcohol motifs (C(OH)–C–C–N with tert-alkyl or cyclic N) is 1. The van der Waals surface area contributed by atoms with Gasteiger partial charge < -0.3 is 15.2 Å². The van der Waals surface area contributed by atoms with E-state index in [2.05, 4.69) is 5.32 Å². The number of halogens is 1. The van der Waals surface area contributed by atoms with Crippen molar-refractivity contribution < 1.29 is 14.2 Å². The molecule has 1 heterocycles. The van der Waals surface area contributed by atoms with Crippen molar-refractivity contribution in [2.45, 2.75) is 12.6 Å². The molecule has 0 bridgehead atoms. The zero-order chi connectivity index (χ0) is 10.1. The summed E-state index contributed by atoms with van der Waals surface area (Å²) in [5, 5.41) is 12.7. The quantitative estimate of drug-likeness (QED) is 0.705. The van der Waals surface area contributed by atoms with Crippen LogP contribution in [0.15, 0.2) is 12.1 Å². The van der Waals surface area contributed by atoms with Crippen molar-refractivity contribution in [1.82, 2.24) is 5.32 Å². The van der Waals surface area contributed by atoms with Crippen LogP contribution in [-0.4, -0.2) is 18.8 Å². The summed E-state index contributed by atoms with van der Waals surface area (Å²) >= 11 is 0. The molecule has 2 rings (SSSR count). The Morgan fingerprint density at radius 2 is 2.36 bits per heavy atom. The van der Waals surface area contributed by atoms with Crippen molar-refractivity contribution in [3.05, 3.63) is 29.1 Å². The van der Waals surface area contributed by atoms with Gasteiger partial charge in [0.15, 0.2) is 0 Å². The standard InChI is InChI=1S/C10H12FNO2/c1-14-9-3-7(11)2-6-4-12-5-8(13)10(6)9/h2-3,8,12-13H,4-5H2,1H3. The Morgan fingerprint density at radius 1 is 1.57 bits per heavy atom. The summed E-state index contributed by atoms with van der Waals surface area (Å²) in [7, 11) is 1.48. The van der Waals surface area contributed by atoms with Crippen LogP contribution in [0.1, 0.15) is 17.2 Å². The van der Waals surface area contributed by atoms with Crippen LogP contribution in [0.5, 0.6) is 5.75 Å². The van der Waals surface area contributed by atoms with Gasteiger partial charge in [-0.25, -0.2) is 4.39 Å². The van der Waals surface area contributed by atoms with Gasteiger partial charge in [0.1, 0.15) is 11.6 Å². The van der Waals surface area contributed by atoms with Gasteiger partial charge in [-0.2, -0.15) is 0 Å². The number of benzene rings is 1. The molecule has 1 aromatic carbocycles. The summed E-state index contributed by atoms with van der Waals surface area (Å²) in [6.45, 7) is 1.05. The van der Waals surface area contributed by atoms with E-state index in [9.17, 15) is 9.50 Å². The van der Waals surface area contributed by atoms with E-state index in [0.29, 0.717) is 24.4 Å². The molecule has 0 saturated heterocycles. The van der Waals surface area contributed by atoms with Crippen LogP contribution >= 0.6 is 0 Å². The lowest BCUT2D eigenvalue weighted by Gasteiger charge is -2.24. The van der Waals surface area contributed by atoms with E-state index in [-0.39, 0.29) is 5.82 Å². The highest BCUT2D eigenvalue weighted by molar-refractivity contribution is 5.43. The summed E-state index contributed by atoms with van der Waals surface area (Å²) in [6.07, 6.45) is -0.616. The van der Waals surface area contributed by atoms with Crippen LogP contribution in [0.25, 0.3) is 0 Å². The molecule has 1 atom stereocenters. The predicted molar refractivity (Wildman–Crippen MR) is 49.6 cm³/mol. The number of nitrogens with one attached hydrogen (secondary N) is 1. The third kappa shape index (κ3) is 1.47. The average Bonchev–Trinajstić information content (AvgIpc) is 2.16. The molecule has 2 N–H and O–H groups in total. The largest absolute Gasteiger partial charge is 0.496 e. The van der Waals surface area contributed by atoms with Gasteiger partial charge in [-0.3, -0.25) is 0 Å². The van der Waals surface area contributed by atoms with E-state index in [0.717, 1.165) is 5.56 Å². The van der Waals surface area contributed by atoms with Gasteiger partial charge in [0.2, 0.25) is 0 Å². The zero-order valence-electron chi connectivity index (χ0n) is 7.88. The molecule has 1 aliphatic heterocycles. The van der Waals surface area contributed by atoms with E-state index >= 15 is 0 Å². The first-order valence-corrected chi connectivity index (χ1v) is 4.47. The smallest absolute Gasteiger partial charge is 0.127 e. The normalized spacial score (nSPS) is 20.4. The Labute approximate surface area is 81.5 Å². The summed E-state index contributed by atoms with van der Waals surface area (Å²) in [5.74, 6) is 0.0884. The number of hydrogen-bond donors (Lipinski definition) is 2. The highest BCUT2D eigenvalue weighted by Gasteiger charge is 2.22. The number of aliphatic hydroxyl groups is 1. The zero-order valence-corrected chi connectivity index (χ0v) is 7.88. The molecule has 0 radical (unpaired) electrons. The minimum atomic E-state index is -0.616. The molecule has 0 fully saturated rings. The first kappa shape index (κ1) is 9.43. The van der Waals surface area contributed by atoms with Gasteiger partial charge in [0, 0.05) is 24.7 Å². The molecule has 76 valence electrons. The van der Waals surface area contributed by atoms with Gasteiger partial charge in [0.05, 0.1) is 13.2 Å². The highest BCUT2D eigenvalue weighted by Crippen LogP contribution is 2.31.